The van der Waals surface area contributed by atoms with Gasteiger partial charge in [-0.3, -0.25) is 0 Å². The van der Waals surface area contributed by atoms with E-state index in [1.165, 1.54) is 0 Å². The molecule has 15 heteroatoms. The van der Waals surface area contributed by atoms with Gasteiger partial charge in [-0.05, 0) is 18.8 Å². The summed E-state index contributed by atoms with van der Waals surface area (Å²) < 4.78 is 166. The van der Waals surface area contributed by atoms with Crippen LogP contribution >= 0.6 is 0 Å². The lowest BCUT2D eigenvalue weighted by Gasteiger charge is -2.47. The van der Waals surface area contributed by atoms with Crippen molar-refractivity contribution in [1.29, 1.82) is 0 Å². The molecule has 0 aromatic carbocycles. The van der Waals surface area contributed by atoms with Gasteiger partial charge in [-0.15, -0.1) is 0 Å². The Morgan fingerprint density at radius 2 is 1.32 bits per heavy atom. The van der Waals surface area contributed by atoms with Gasteiger partial charge in [-0.25, -0.2) is 9.64 Å². The third kappa shape index (κ3) is 3.68. The molecule has 1 heterocycles. The van der Waals surface area contributed by atoms with E-state index < -0.39 is 59.6 Å². The summed E-state index contributed by atoms with van der Waals surface area (Å²) in [7, 11) is 0. The SMILES string of the molecule is FC(=C(OCC1CCCC1)C(F)(F)F)N1C(F)(F)C(F)(F)OC(F)(F)C1(F)F. The van der Waals surface area contributed by atoms with Crippen molar-refractivity contribution >= 4 is 0 Å². The summed E-state index contributed by atoms with van der Waals surface area (Å²) in [6, 6.07) is -13.2. The number of morpholine rings is 1. The van der Waals surface area contributed by atoms with E-state index in [1.807, 2.05) is 0 Å². The molecule has 164 valence electrons. The normalized spacial score (nSPS) is 27.5. The fourth-order valence-corrected chi connectivity index (χ4v) is 2.71. The van der Waals surface area contributed by atoms with Crippen molar-refractivity contribution in [2.45, 2.75) is 56.2 Å². The van der Waals surface area contributed by atoms with E-state index in [2.05, 4.69) is 9.47 Å². The van der Waals surface area contributed by atoms with Crippen molar-refractivity contribution in [3.05, 3.63) is 11.7 Å². The van der Waals surface area contributed by atoms with Gasteiger partial charge < -0.3 is 4.74 Å². The number of ether oxygens (including phenoxy) is 2. The van der Waals surface area contributed by atoms with Crippen LogP contribution in [0.2, 0.25) is 0 Å². The maximum absolute atomic E-state index is 14.1. The van der Waals surface area contributed by atoms with Gasteiger partial charge in [0.05, 0.1) is 6.61 Å². The Labute approximate surface area is 148 Å². The number of rotatable bonds is 4. The maximum Gasteiger partial charge on any atom is 0.453 e. The monoisotopic (exact) mass is 441 g/mol. The molecule has 0 bridgehead atoms. The minimum atomic E-state index is -6.62. The molecule has 1 saturated heterocycles. The molecule has 0 unspecified atom stereocenters. The summed E-state index contributed by atoms with van der Waals surface area (Å²) in [4.78, 5) is -2.96. The lowest BCUT2D eigenvalue weighted by Crippen LogP contribution is -2.73. The van der Waals surface area contributed by atoms with Crippen LogP contribution < -0.4 is 0 Å². The zero-order valence-corrected chi connectivity index (χ0v) is 13.4. The van der Waals surface area contributed by atoms with Gasteiger partial charge in [0.2, 0.25) is 5.95 Å². The first-order chi connectivity index (χ1) is 12.5. The van der Waals surface area contributed by atoms with Crippen LogP contribution in [0.4, 0.5) is 52.7 Å². The van der Waals surface area contributed by atoms with Crippen LogP contribution in [0.5, 0.6) is 0 Å². The van der Waals surface area contributed by atoms with Crippen molar-refractivity contribution in [1.82, 2.24) is 4.90 Å². The highest BCUT2D eigenvalue weighted by atomic mass is 19.4. The number of halogens is 12. The molecule has 1 saturated carbocycles. The van der Waals surface area contributed by atoms with Gasteiger partial charge >= 0.3 is 30.5 Å². The van der Waals surface area contributed by atoms with Crippen LogP contribution in [0.3, 0.4) is 0 Å². The maximum atomic E-state index is 14.1. The third-order valence-electron chi connectivity index (χ3n) is 4.10. The van der Waals surface area contributed by atoms with Gasteiger partial charge in [0.15, 0.2) is 0 Å². The molecule has 2 rings (SSSR count). The Morgan fingerprint density at radius 3 is 1.71 bits per heavy atom. The van der Waals surface area contributed by atoms with Crippen molar-refractivity contribution in [3.8, 4) is 0 Å². The highest BCUT2D eigenvalue weighted by molar-refractivity contribution is 5.13. The quantitative estimate of drug-likeness (QED) is 0.322. The summed E-state index contributed by atoms with van der Waals surface area (Å²) in [5.74, 6) is -7.62. The van der Waals surface area contributed by atoms with Crippen molar-refractivity contribution in [2.75, 3.05) is 6.61 Å². The summed E-state index contributed by atoms with van der Waals surface area (Å²) >= 11 is 0. The average Bonchev–Trinajstić information content (AvgIpc) is 2.96. The first-order valence-corrected chi connectivity index (χ1v) is 7.56. The summed E-state index contributed by atoms with van der Waals surface area (Å²) in [5, 5.41) is 0. The summed E-state index contributed by atoms with van der Waals surface area (Å²) in [6.07, 6.45) is -17.3. The topological polar surface area (TPSA) is 21.7 Å². The molecular weight excluding hydrogens is 430 g/mol. The highest BCUT2D eigenvalue weighted by Gasteiger charge is 2.84. The highest BCUT2D eigenvalue weighted by Crippen LogP contribution is 2.58. The number of nitrogens with zero attached hydrogens (tertiary/aromatic N) is 1. The fourth-order valence-electron chi connectivity index (χ4n) is 2.71. The lowest BCUT2D eigenvalue weighted by molar-refractivity contribution is -0.559. The van der Waals surface area contributed by atoms with E-state index in [1.54, 1.807) is 0 Å². The molecule has 2 aliphatic rings. The Bertz CT molecular complexity index is 597. The molecule has 0 atom stereocenters. The standard InChI is InChI=1S/C13H11F12NO2/c14-8(7(9(15,16)17)27-5-6-3-1-2-4-6)26-10(18,19)12(22,23)28-13(24,25)11(26,20)21/h6H,1-5H2. The zero-order valence-electron chi connectivity index (χ0n) is 13.4. The van der Waals surface area contributed by atoms with Crippen molar-refractivity contribution in [3.63, 3.8) is 0 Å². The molecule has 0 aromatic rings. The summed E-state index contributed by atoms with van der Waals surface area (Å²) in [6.45, 7) is -0.976. The Morgan fingerprint density at radius 1 is 0.893 bits per heavy atom. The predicted molar refractivity (Wildman–Crippen MR) is 64.8 cm³/mol. The zero-order chi connectivity index (χ0) is 21.8. The lowest BCUT2D eigenvalue weighted by atomic mass is 10.1. The molecule has 0 aromatic heterocycles. The van der Waals surface area contributed by atoms with E-state index in [9.17, 15) is 52.7 Å². The molecule has 1 aliphatic carbocycles. The van der Waals surface area contributed by atoms with Crippen LogP contribution in [0.1, 0.15) is 25.7 Å². The molecule has 3 nitrogen and oxygen atoms in total. The number of hydrogen-bond donors (Lipinski definition) is 0. The van der Waals surface area contributed by atoms with Crippen LogP contribution in [0.25, 0.3) is 0 Å². The predicted octanol–water partition coefficient (Wildman–Crippen LogP) is 5.60. The van der Waals surface area contributed by atoms with Gasteiger partial charge in [0.1, 0.15) is 0 Å². The van der Waals surface area contributed by atoms with Crippen LogP contribution in [-0.4, -0.2) is 42.0 Å². The molecule has 0 radical (unpaired) electrons. The van der Waals surface area contributed by atoms with Crippen LogP contribution in [0, 0.1) is 5.92 Å². The van der Waals surface area contributed by atoms with Gasteiger partial charge in [-0.1, -0.05) is 12.8 Å². The smallest absolute Gasteiger partial charge is 0.453 e. The fraction of sp³-hybridized carbons (Fsp3) is 0.846. The van der Waals surface area contributed by atoms with Gasteiger partial charge in [0, 0.05) is 0 Å². The number of allylic oxidation sites excluding steroid dienone is 1. The molecule has 1 aliphatic heterocycles. The minimum Gasteiger partial charge on any atom is -0.486 e. The van der Waals surface area contributed by atoms with Crippen molar-refractivity contribution in [2.24, 2.45) is 5.92 Å². The number of alkyl halides is 11. The van der Waals surface area contributed by atoms with Gasteiger partial charge in [-0.2, -0.15) is 52.7 Å². The molecular formula is C13H11F12NO2. The third-order valence-corrected chi connectivity index (χ3v) is 4.10. The second-order valence-electron chi connectivity index (χ2n) is 6.13. The summed E-state index contributed by atoms with van der Waals surface area (Å²) in [5.41, 5.74) is 0. The molecule has 2 fully saturated rings. The van der Waals surface area contributed by atoms with Crippen LogP contribution in [-0.2, 0) is 9.47 Å². The number of hydrogen-bond acceptors (Lipinski definition) is 3. The van der Waals surface area contributed by atoms with E-state index in [0.29, 0.717) is 12.8 Å². The molecule has 28 heavy (non-hydrogen) atoms. The van der Waals surface area contributed by atoms with E-state index in [-0.39, 0.29) is 12.8 Å². The van der Waals surface area contributed by atoms with E-state index in [0.717, 1.165) is 0 Å². The first-order valence-electron chi connectivity index (χ1n) is 7.56. The first kappa shape index (κ1) is 22.7. The Kier molecular flexibility index (Phi) is 5.49. The average molecular weight is 441 g/mol. The second-order valence-corrected chi connectivity index (χ2v) is 6.13. The minimum absolute atomic E-state index is 0.284. The molecule has 0 amide bonds. The molecule has 0 spiro atoms. The van der Waals surface area contributed by atoms with Crippen molar-refractivity contribution < 1.29 is 62.2 Å². The van der Waals surface area contributed by atoms with Crippen LogP contribution in [0.15, 0.2) is 11.7 Å². The Hall–Kier alpha value is -1.54. The second kappa shape index (κ2) is 6.76. The van der Waals surface area contributed by atoms with E-state index in [4.69, 9.17) is 0 Å². The largest absolute Gasteiger partial charge is 0.486 e. The molecule has 0 N–H and O–H groups in total. The van der Waals surface area contributed by atoms with Gasteiger partial charge in [0.25, 0.3) is 5.76 Å². The van der Waals surface area contributed by atoms with E-state index >= 15 is 0 Å². The Balaban J connectivity index is 2.54.